The van der Waals surface area contributed by atoms with Gasteiger partial charge in [-0.15, -0.1) is 47.5 Å². The van der Waals surface area contributed by atoms with Crippen LogP contribution in [0.15, 0.2) is 23.2 Å². The molecule has 0 spiro atoms. The lowest BCUT2D eigenvalue weighted by atomic mass is 10.4. The summed E-state index contributed by atoms with van der Waals surface area (Å²) in [5.74, 6) is -0.0833. The number of rotatable bonds is 2. The fourth-order valence-electron chi connectivity index (χ4n) is 0.763. The summed E-state index contributed by atoms with van der Waals surface area (Å²) in [6, 6.07) is 0. The van der Waals surface area contributed by atoms with Crippen molar-refractivity contribution in [3.8, 4) is 0 Å². The van der Waals surface area contributed by atoms with Crippen LogP contribution in [-0.2, 0) is 0 Å². The summed E-state index contributed by atoms with van der Waals surface area (Å²) < 4.78 is 0. The second kappa shape index (κ2) is 6.08. The summed E-state index contributed by atoms with van der Waals surface area (Å²) >= 11 is 2.67. The van der Waals surface area contributed by atoms with Gasteiger partial charge in [-0.1, -0.05) is 0 Å². The van der Waals surface area contributed by atoms with E-state index >= 15 is 0 Å². The van der Waals surface area contributed by atoms with E-state index in [0.717, 1.165) is 0 Å². The molecule has 7 heteroatoms. The van der Waals surface area contributed by atoms with Gasteiger partial charge in [-0.2, -0.15) is 0 Å². The molecule has 14 heavy (non-hydrogen) atoms. The van der Waals surface area contributed by atoms with E-state index in [1.165, 1.54) is 22.7 Å². The standard InChI is InChI=1S/C7H4N2OS2.2ClH/c10-5(6-8-1-3-11-6)7-9-2-4-12-7;;/h1-4H;2*1H. The lowest BCUT2D eigenvalue weighted by Crippen LogP contribution is -1.98. The van der Waals surface area contributed by atoms with E-state index in [1.54, 1.807) is 23.2 Å². The van der Waals surface area contributed by atoms with Crippen molar-refractivity contribution in [1.82, 2.24) is 9.97 Å². The fourth-order valence-corrected chi connectivity index (χ4v) is 1.98. The van der Waals surface area contributed by atoms with Crippen LogP contribution in [0.1, 0.15) is 14.8 Å². The highest BCUT2D eigenvalue weighted by Gasteiger charge is 2.13. The Morgan fingerprint density at radius 2 is 1.43 bits per heavy atom. The Kier molecular flexibility index (Phi) is 5.87. The van der Waals surface area contributed by atoms with Crippen molar-refractivity contribution in [2.24, 2.45) is 0 Å². The minimum atomic E-state index is -0.0833. The van der Waals surface area contributed by atoms with E-state index in [9.17, 15) is 4.79 Å². The third kappa shape index (κ3) is 2.75. The third-order valence-corrected chi connectivity index (χ3v) is 2.80. The smallest absolute Gasteiger partial charge is 0.250 e. The molecule has 0 saturated heterocycles. The maximum Gasteiger partial charge on any atom is 0.250 e. The van der Waals surface area contributed by atoms with Gasteiger partial charge < -0.3 is 0 Å². The summed E-state index contributed by atoms with van der Waals surface area (Å²) in [5.41, 5.74) is 0. The summed E-state index contributed by atoms with van der Waals surface area (Å²) in [5, 5.41) is 4.57. The van der Waals surface area contributed by atoms with Gasteiger partial charge in [-0.05, 0) is 0 Å². The number of aromatic nitrogens is 2. The van der Waals surface area contributed by atoms with Crippen molar-refractivity contribution >= 4 is 53.3 Å². The van der Waals surface area contributed by atoms with Gasteiger partial charge in [0.1, 0.15) is 0 Å². The molecule has 0 N–H and O–H groups in total. The number of carbonyl (C=O) groups is 1. The number of thiazole rings is 2. The van der Waals surface area contributed by atoms with Gasteiger partial charge in [0, 0.05) is 23.2 Å². The molecule has 0 aliphatic rings. The van der Waals surface area contributed by atoms with Gasteiger partial charge in [0.2, 0.25) is 5.78 Å². The zero-order chi connectivity index (χ0) is 8.39. The van der Waals surface area contributed by atoms with Crippen molar-refractivity contribution < 1.29 is 4.79 Å². The molecule has 2 heterocycles. The number of nitrogens with zero attached hydrogens (tertiary/aromatic N) is 2. The summed E-state index contributed by atoms with van der Waals surface area (Å²) in [6.07, 6.45) is 3.23. The average molecular weight is 269 g/mol. The largest absolute Gasteiger partial charge is 0.283 e. The molecule has 0 amide bonds. The van der Waals surface area contributed by atoms with E-state index in [2.05, 4.69) is 9.97 Å². The van der Waals surface area contributed by atoms with Crippen LogP contribution >= 0.6 is 47.5 Å². The maximum absolute atomic E-state index is 11.5. The van der Waals surface area contributed by atoms with Crippen LogP contribution in [0, 0.1) is 0 Å². The minimum absolute atomic E-state index is 0. The SMILES string of the molecule is Cl.Cl.O=C(c1nccs1)c1nccs1. The Morgan fingerprint density at radius 1 is 1.00 bits per heavy atom. The zero-order valence-electron chi connectivity index (χ0n) is 6.75. The van der Waals surface area contributed by atoms with Crippen molar-refractivity contribution in [2.75, 3.05) is 0 Å². The van der Waals surface area contributed by atoms with Crippen molar-refractivity contribution in [3.05, 3.63) is 33.2 Å². The van der Waals surface area contributed by atoms with Crippen molar-refractivity contribution in [2.45, 2.75) is 0 Å². The van der Waals surface area contributed by atoms with Gasteiger partial charge in [0.25, 0.3) is 0 Å². The second-order valence-corrected chi connectivity index (χ2v) is 3.79. The normalized spacial score (nSPS) is 8.57. The highest BCUT2D eigenvalue weighted by molar-refractivity contribution is 7.15. The topological polar surface area (TPSA) is 42.9 Å². The monoisotopic (exact) mass is 268 g/mol. The number of carbonyl (C=O) groups excluding carboxylic acids is 1. The second-order valence-electron chi connectivity index (χ2n) is 2.00. The minimum Gasteiger partial charge on any atom is -0.283 e. The van der Waals surface area contributed by atoms with Crippen LogP contribution in [0.5, 0.6) is 0 Å². The predicted molar refractivity (Wildman–Crippen MR) is 62.2 cm³/mol. The molecule has 0 aromatic carbocycles. The maximum atomic E-state index is 11.5. The van der Waals surface area contributed by atoms with Crippen LogP contribution in [-0.4, -0.2) is 15.8 Å². The molecule has 3 nitrogen and oxygen atoms in total. The van der Waals surface area contributed by atoms with Gasteiger partial charge >= 0.3 is 0 Å². The Morgan fingerprint density at radius 3 is 1.71 bits per heavy atom. The highest BCUT2D eigenvalue weighted by Crippen LogP contribution is 2.13. The van der Waals surface area contributed by atoms with Gasteiger partial charge in [-0.3, -0.25) is 4.79 Å². The summed E-state index contributed by atoms with van der Waals surface area (Å²) in [7, 11) is 0. The highest BCUT2D eigenvalue weighted by atomic mass is 35.5. The molecule has 0 bridgehead atoms. The molecule has 76 valence electrons. The zero-order valence-corrected chi connectivity index (χ0v) is 10.0. The van der Waals surface area contributed by atoms with Crippen molar-refractivity contribution in [1.29, 1.82) is 0 Å². The first-order chi connectivity index (χ1) is 5.88. The van der Waals surface area contributed by atoms with E-state index in [4.69, 9.17) is 0 Å². The van der Waals surface area contributed by atoms with Crippen LogP contribution < -0.4 is 0 Å². The Labute approximate surface area is 101 Å². The molecular formula is C7H6Cl2N2OS2. The number of hydrogen-bond donors (Lipinski definition) is 0. The molecule has 0 radical (unpaired) electrons. The fraction of sp³-hybridized carbons (Fsp3) is 0. The summed E-state index contributed by atoms with van der Waals surface area (Å²) in [4.78, 5) is 19.3. The Balaban J connectivity index is 0.000000845. The molecule has 0 aliphatic carbocycles. The van der Waals surface area contributed by atoms with Crippen molar-refractivity contribution in [3.63, 3.8) is 0 Å². The van der Waals surface area contributed by atoms with Gasteiger partial charge in [0.05, 0.1) is 0 Å². The van der Waals surface area contributed by atoms with Crippen LogP contribution in [0.2, 0.25) is 0 Å². The first-order valence-electron chi connectivity index (χ1n) is 3.21. The number of hydrogen-bond acceptors (Lipinski definition) is 5. The lowest BCUT2D eigenvalue weighted by Gasteiger charge is -1.87. The first-order valence-corrected chi connectivity index (χ1v) is 4.97. The Hall–Kier alpha value is -0.490. The molecule has 0 unspecified atom stereocenters. The van der Waals surface area contributed by atoms with Gasteiger partial charge in [0.15, 0.2) is 10.0 Å². The average Bonchev–Trinajstić information content (AvgIpc) is 2.77. The van der Waals surface area contributed by atoms with Gasteiger partial charge in [-0.25, -0.2) is 9.97 Å². The van der Waals surface area contributed by atoms with E-state index < -0.39 is 0 Å². The van der Waals surface area contributed by atoms with Crippen LogP contribution in [0.3, 0.4) is 0 Å². The first kappa shape index (κ1) is 13.5. The molecule has 2 aromatic heterocycles. The molecule has 0 aliphatic heterocycles. The summed E-state index contributed by atoms with van der Waals surface area (Å²) in [6.45, 7) is 0. The quantitative estimate of drug-likeness (QED) is 0.787. The lowest BCUT2D eigenvalue weighted by molar-refractivity contribution is 0.103. The molecule has 0 atom stereocenters. The number of ketones is 1. The van der Waals surface area contributed by atoms with E-state index in [0.29, 0.717) is 10.0 Å². The predicted octanol–water partition coefficient (Wildman–Crippen LogP) is 2.67. The van der Waals surface area contributed by atoms with E-state index in [1.807, 2.05) is 0 Å². The molecule has 0 saturated carbocycles. The molecule has 2 rings (SSSR count). The molecular weight excluding hydrogens is 263 g/mol. The third-order valence-electron chi connectivity index (χ3n) is 1.25. The Bertz CT molecular complexity index is 338. The van der Waals surface area contributed by atoms with E-state index in [-0.39, 0.29) is 30.6 Å². The van der Waals surface area contributed by atoms with Crippen LogP contribution in [0.4, 0.5) is 0 Å². The molecule has 2 aromatic rings. The number of halogens is 2. The molecule has 0 fully saturated rings. The van der Waals surface area contributed by atoms with Crippen LogP contribution in [0.25, 0.3) is 0 Å².